The molecule has 0 spiro atoms. The van der Waals surface area contributed by atoms with Gasteiger partial charge in [-0.05, 0) is 28.2 Å². The van der Waals surface area contributed by atoms with Crippen LogP contribution in [0.5, 0.6) is 0 Å². The van der Waals surface area contributed by atoms with Gasteiger partial charge in [0.25, 0.3) is 0 Å². The first kappa shape index (κ1) is 20.1. The van der Waals surface area contributed by atoms with E-state index in [0.29, 0.717) is 0 Å². The van der Waals surface area contributed by atoms with E-state index in [0.717, 1.165) is 13.1 Å². The number of rotatable bonds is 4. The average Bonchev–Trinajstić information content (AvgIpc) is 2.40. The molecular weight excluding hydrogens is 269 g/mol. The van der Waals surface area contributed by atoms with Gasteiger partial charge in [-0.1, -0.05) is 0 Å². The quantitative estimate of drug-likeness (QED) is 0.631. The minimum absolute atomic E-state index is 0. The molecule has 108 valence electrons. The fourth-order valence-corrected chi connectivity index (χ4v) is 1.74. The molecule has 0 bridgehead atoms. The molecule has 0 saturated carbocycles. The average molecular weight is 293 g/mol. The van der Waals surface area contributed by atoms with Gasteiger partial charge in [-0.2, -0.15) is 60.7 Å². The number of benzene rings is 2. The summed E-state index contributed by atoms with van der Waals surface area (Å²) in [5, 5.41) is 0. The van der Waals surface area contributed by atoms with Crippen LogP contribution in [-0.2, 0) is 13.1 Å². The van der Waals surface area contributed by atoms with Crippen LogP contribution in [0.25, 0.3) is 0 Å². The van der Waals surface area contributed by atoms with Crippen LogP contribution in [0.2, 0.25) is 0 Å². The molecule has 0 aliphatic rings. The van der Waals surface area contributed by atoms with E-state index in [-0.39, 0.29) is 23.1 Å². The summed E-state index contributed by atoms with van der Waals surface area (Å²) in [4.78, 5) is 4.26. The summed E-state index contributed by atoms with van der Waals surface area (Å²) in [5.74, 6) is 0. The maximum absolute atomic E-state index is 3.16. The largest absolute Gasteiger partial charge is 2.00 e. The second kappa shape index (κ2) is 11.7. The molecule has 2 aromatic carbocycles. The first-order chi connectivity index (χ1) is 9.58. The van der Waals surface area contributed by atoms with Gasteiger partial charge in [0.2, 0.25) is 0 Å². The molecule has 2 aromatic rings. The summed E-state index contributed by atoms with van der Waals surface area (Å²) in [6, 6.07) is 22.4. The Morgan fingerprint density at radius 2 is 1.10 bits per heavy atom. The van der Waals surface area contributed by atoms with E-state index in [1.165, 1.54) is 11.1 Å². The van der Waals surface area contributed by atoms with Crippen LogP contribution in [0.15, 0.2) is 48.5 Å². The van der Waals surface area contributed by atoms with Crippen LogP contribution in [-0.4, -0.2) is 61.0 Å². The number of hydrogen-bond donors (Lipinski definition) is 0. The van der Waals surface area contributed by atoms with Crippen molar-refractivity contribution in [3.63, 3.8) is 0 Å². The van der Waals surface area contributed by atoms with Crippen LogP contribution in [0.3, 0.4) is 0 Å². The Balaban J connectivity index is 0.000000364. The minimum Gasteiger partial charge on any atom is -0.307 e. The van der Waals surface area contributed by atoms with E-state index in [2.05, 4.69) is 62.3 Å². The molecule has 2 rings (SSSR count). The zero-order chi connectivity index (χ0) is 14.8. The van der Waals surface area contributed by atoms with Crippen molar-refractivity contribution in [3.05, 3.63) is 71.8 Å². The Hall–Kier alpha value is -0.874. The summed E-state index contributed by atoms with van der Waals surface area (Å²) < 4.78 is 0. The SMILES string of the molecule is CN(C)Cc1[c-]cccc1.CN(C)Cc1[c-]cccc1.[Mg+2]. The maximum atomic E-state index is 3.16. The van der Waals surface area contributed by atoms with Gasteiger partial charge in [0.05, 0.1) is 0 Å². The molecule has 0 atom stereocenters. The fraction of sp³-hybridized carbons (Fsp3) is 0.333. The van der Waals surface area contributed by atoms with Gasteiger partial charge in [0.1, 0.15) is 0 Å². The first-order valence-electron chi connectivity index (χ1n) is 6.78. The van der Waals surface area contributed by atoms with E-state index < -0.39 is 0 Å². The number of nitrogens with zero attached hydrogens (tertiary/aromatic N) is 2. The molecule has 3 heteroatoms. The molecule has 0 unspecified atom stereocenters. The van der Waals surface area contributed by atoms with Gasteiger partial charge in [0.15, 0.2) is 0 Å². The molecule has 0 N–H and O–H groups in total. The molecule has 0 aromatic heterocycles. The topological polar surface area (TPSA) is 6.48 Å². The molecule has 0 heterocycles. The summed E-state index contributed by atoms with van der Waals surface area (Å²) in [6.45, 7) is 1.95. The molecule has 0 aliphatic carbocycles. The smallest absolute Gasteiger partial charge is 0.307 e. The van der Waals surface area contributed by atoms with Crippen molar-refractivity contribution in [1.29, 1.82) is 0 Å². The Morgan fingerprint density at radius 3 is 1.33 bits per heavy atom. The molecule has 0 fully saturated rings. The van der Waals surface area contributed by atoms with Crippen molar-refractivity contribution in [2.75, 3.05) is 28.2 Å². The van der Waals surface area contributed by atoms with Crippen molar-refractivity contribution in [2.45, 2.75) is 13.1 Å². The van der Waals surface area contributed by atoms with E-state index in [9.17, 15) is 0 Å². The van der Waals surface area contributed by atoms with E-state index in [1.807, 2.05) is 36.4 Å². The van der Waals surface area contributed by atoms with Crippen molar-refractivity contribution in [3.8, 4) is 0 Å². The van der Waals surface area contributed by atoms with Crippen LogP contribution < -0.4 is 0 Å². The van der Waals surface area contributed by atoms with Gasteiger partial charge in [-0.25, -0.2) is 0 Å². The molecular formula is C18H24MgN2. The summed E-state index contributed by atoms with van der Waals surface area (Å²) in [5.41, 5.74) is 2.49. The molecule has 0 aliphatic heterocycles. The standard InChI is InChI=1S/2C9H12N.Mg/c2*1-10(2)8-9-6-4-3-5-7-9;/h2*3-6H,8H2,1-2H3;/q2*-1;+2. The maximum Gasteiger partial charge on any atom is 2.00 e. The molecule has 0 saturated heterocycles. The zero-order valence-electron chi connectivity index (χ0n) is 13.6. The van der Waals surface area contributed by atoms with Gasteiger partial charge in [-0.3, -0.25) is 0 Å². The first-order valence-corrected chi connectivity index (χ1v) is 6.78. The van der Waals surface area contributed by atoms with E-state index in [4.69, 9.17) is 0 Å². The van der Waals surface area contributed by atoms with Gasteiger partial charge in [0, 0.05) is 13.1 Å². The Labute approximate surface area is 145 Å². The predicted molar refractivity (Wildman–Crippen MR) is 91.1 cm³/mol. The second-order valence-corrected chi connectivity index (χ2v) is 5.25. The van der Waals surface area contributed by atoms with E-state index >= 15 is 0 Å². The number of hydrogen-bond acceptors (Lipinski definition) is 2. The van der Waals surface area contributed by atoms with Gasteiger partial charge >= 0.3 is 23.1 Å². The summed E-state index contributed by atoms with van der Waals surface area (Å²) in [7, 11) is 8.23. The molecule has 2 nitrogen and oxygen atoms in total. The summed E-state index contributed by atoms with van der Waals surface area (Å²) in [6.07, 6.45) is 0. The molecule has 0 radical (unpaired) electrons. The second-order valence-electron chi connectivity index (χ2n) is 5.25. The zero-order valence-corrected chi connectivity index (χ0v) is 15.0. The monoisotopic (exact) mass is 292 g/mol. The molecule has 0 amide bonds. The van der Waals surface area contributed by atoms with Crippen LogP contribution in [0.4, 0.5) is 0 Å². The Kier molecular flexibility index (Phi) is 11.3. The minimum atomic E-state index is 0. The van der Waals surface area contributed by atoms with Crippen LogP contribution in [0.1, 0.15) is 11.1 Å². The van der Waals surface area contributed by atoms with E-state index in [1.54, 1.807) is 0 Å². The Morgan fingerprint density at radius 1 is 0.714 bits per heavy atom. The van der Waals surface area contributed by atoms with Gasteiger partial charge in [-0.15, -0.1) is 11.1 Å². The van der Waals surface area contributed by atoms with Crippen LogP contribution >= 0.6 is 0 Å². The third-order valence-corrected chi connectivity index (χ3v) is 2.52. The van der Waals surface area contributed by atoms with Crippen molar-refractivity contribution in [1.82, 2.24) is 9.80 Å². The normalized spacial score (nSPS) is 9.81. The third-order valence-electron chi connectivity index (χ3n) is 2.52. The van der Waals surface area contributed by atoms with Crippen molar-refractivity contribution in [2.24, 2.45) is 0 Å². The summed E-state index contributed by atoms with van der Waals surface area (Å²) >= 11 is 0. The predicted octanol–water partition coefficient (Wildman–Crippen LogP) is 2.72. The fourth-order valence-electron chi connectivity index (χ4n) is 1.74. The third kappa shape index (κ3) is 10.5. The molecule has 21 heavy (non-hydrogen) atoms. The van der Waals surface area contributed by atoms with Crippen LogP contribution in [0, 0.1) is 12.1 Å². The Bertz CT molecular complexity index is 410. The van der Waals surface area contributed by atoms with Crippen molar-refractivity contribution >= 4 is 23.1 Å². The van der Waals surface area contributed by atoms with Crippen molar-refractivity contribution < 1.29 is 0 Å². The van der Waals surface area contributed by atoms with Gasteiger partial charge < -0.3 is 9.80 Å².